The number of carbonyl (C=O) groups is 1. The summed E-state index contributed by atoms with van der Waals surface area (Å²) < 4.78 is -1.51. The Morgan fingerprint density at radius 2 is 1.89 bits per heavy atom. The predicted molar refractivity (Wildman–Crippen MR) is 40.6 cm³/mol. The molecule has 0 spiro atoms. The third-order valence-electron chi connectivity index (χ3n) is 0.696. The average Bonchev–Trinajstić information content (AvgIpc) is 1.65. The Kier molecular flexibility index (Phi) is 4.22. The normalized spacial score (nSPS) is 11.6. The minimum absolute atomic E-state index is 0.167. The molecule has 0 aromatic carbocycles. The van der Waals surface area contributed by atoms with Crippen molar-refractivity contribution < 1.29 is 4.79 Å². The molecule has 0 atom stereocenters. The molecular formula is C4H4Cl4O. The van der Waals surface area contributed by atoms with Gasteiger partial charge in [0.25, 0.3) is 5.24 Å². The van der Waals surface area contributed by atoms with Gasteiger partial charge in [-0.1, -0.05) is 23.2 Å². The highest BCUT2D eigenvalue weighted by Gasteiger charge is 2.30. The maximum Gasteiger partial charge on any atom is 0.257 e. The Labute approximate surface area is 73.2 Å². The van der Waals surface area contributed by atoms with Crippen LogP contribution >= 0.6 is 46.4 Å². The van der Waals surface area contributed by atoms with E-state index >= 15 is 0 Å². The first-order chi connectivity index (χ1) is 4.00. The molecule has 0 aromatic rings. The first kappa shape index (κ1) is 9.83. The molecule has 0 unspecified atom stereocenters. The SMILES string of the molecule is O=C(Cl)C(Cl)(Cl)CCCl. The van der Waals surface area contributed by atoms with Crippen molar-refractivity contribution in [2.75, 3.05) is 5.88 Å². The van der Waals surface area contributed by atoms with E-state index in [-0.39, 0.29) is 12.3 Å². The summed E-state index contributed by atoms with van der Waals surface area (Å²) in [7, 11) is 0. The van der Waals surface area contributed by atoms with Crippen LogP contribution in [0.2, 0.25) is 0 Å². The van der Waals surface area contributed by atoms with Crippen LogP contribution < -0.4 is 0 Å². The van der Waals surface area contributed by atoms with Gasteiger partial charge in [-0.15, -0.1) is 11.6 Å². The number of alkyl halides is 3. The molecular weight excluding hydrogens is 206 g/mol. The summed E-state index contributed by atoms with van der Waals surface area (Å²) >= 11 is 21.0. The number of rotatable bonds is 3. The van der Waals surface area contributed by atoms with Crippen molar-refractivity contribution in [3.05, 3.63) is 0 Å². The summed E-state index contributed by atoms with van der Waals surface area (Å²) in [5.41, 5.74) is 0. The summed E-state index contributed by atoms with van der Waals surface area (Å²) in [4.78, 5) is 10.3. The first-order valence-corrected chi connectivity index (χ1v) is 3.81. The molecule has 0 fully saturated rings. The molecule has 0 heterocycles. The monoisotopic (exact) mass is 208 g/mol. The molecule has 5 heteroatoms. The highest BCUT2D eigenvalue weighted by molar-refractivity contribution is 6.78. The van der Waals surface area contributed by atoms with Crippen LogP contribution in [0, 0.1) is 0 Å². The van der Waals surface area contributed by atoms with Crippen LogP contribution in [0.3, 0.4) is 0 Å². The standard InChI is InChI=1S/C4H4Cl4O/c5-2-1-4(7,8)3(6)9/h1-2H2. The van der Waals surface area contributed by atoms with Crippen molar-refractivity contribution in [3.8, 4) is 0 Å². The fraction of sp³-hybridized carbons (Fsp3) is 0.750. The van der Waals surface area contributed by atoms with Crippen LogP contribution in [0.5, 0.6) is 0 Å². The fourth-order valence-corrected chi connectivity index (χ4v) is 0.977. The van der Waals surface area contributed by atoms with E-state index in [4.69, 9.17) is 46.4 Å². The van der Waals surface area contributed by atoms with Gasteiger partial charge in [-0.25, -0.2) is 0 Å². The Hall–Kier alpha value is 0.830. The minimum atomic E-state index is -1.51. The lowest BCUT2D eigenvalue weighted by molar-refractivity contribution is -0.112. The van der Waals surface area contributed by atoms with E-state index in [0.717, 1.165) is 0 Å². The van der Waals surface area contributed by atoms with E-state index in [1.807, 2.05) is 0 Å². The highest BCUT2D eigenvalue weighted by atomic mass is 35.5. The molecule has 0 rings (SSSR count). The van der Waals surface area contributed by atoms with Crippen molar-refractivity contribution >= 4 is 51.6 Å². The second-order valence-corrected chi connectivity index (χ2v) is 3.62. The zero-order chi connectivity index (χ0) is 7.49. The van der Waals surface area contributed by atoms with Gasteiger partial charge in [0.2, 0.25) is 0 Å². The second kappa shape index (κ2) is 3.87. The molecule has 0 bridgehead atoms. The molecule has 0 aromatic heterocycles. The van der Waals surface area contributed by atoms with Crippen molar-refractivity contribution in [1.82, 2.24) is 0 Å². The molecule has 0 saturated carbocycles. The van der Waals surface area contributed by atoms with Gasteiger partial charge >= 0.3 is 0 Å². The molecule has 1 nitrogen and oxygen atoms in total. The molecule has 0 aliphatic heterocycles. The van der Waals surface area contributed by atoms with Crippen LogP contribution in [0.15, 0.2) is 0 Å². The van der Waals surface area contributed by atoms with Crippen LogP contribution in [0.4, 0.5) is 0 Å². The summed E-state index contributed by atoms with van der Waals surface area (Å²) in [5, 5.41) is -0.786. The van der Waals surface area contributed by atoms with Crippen molar-refractivity contribution in [2.45, 2.75) is 10.8 Å². The molecule has 0 amide bonds. The van der Waals surface area contributed by atoms with Gasteiger partial charge in [0.05, 0.1) is 0 Å². The first-order valence-electron chi connectivity index (χ1n) is 2.14. The Balaban J connectivity index is 3.85. The summed E-state index contributed by atoms with van der Waals surface area (Å²) in [6, 6.07) is 0. The Bertz CT molecular complexity index is 111. The van der Waals surface area contributed by atoms with Crippen molar-refractivity contribution in [2.24, 2.45) is 0 Å². The van der Waals surface area contributed by atoms with Crippen molar-refractivity contribution in [3.63, 3.8) is 0 Å². The summed E-state index contributed by atoms with van der Waals surface area (Å²) in [5.74, 6) is 0.214. The number of hydrogen-bond donors (Lipinski definition) is 0. The molecule has 0 saturated heterocycles. The van der Waals surface area contributed by atoms with E-state index in [0.29, 0.717) is 0 Å². The average molecular weight is 210 g/mol. The Morgan fingerprint density at radius 1 is 1.44 bits per heavy atom. The topological polar surface area (TPSA) is 17.1 Å². The lowest BCUT2D eigenvalue weighted by Crippen LogP contribution is -2.21. The molecule has 54 valence electrons. The third-order valence-corrected chi connectivity index (χ3v) is 2.12. The number of halogens is 4. The van der Waals surface area contributed by atoms with E-state index in [1.165, 1.54) is 0 Å². The largest absolute Gasteiger partial charge is 0.278 e. The molecule has 0 aliphatic carbocycles. The van der Waals surface area contributed by atoms with Crippen LogP contribution in [-0.2, 0) is 4.79 Å². The summed E-state index contributed by atoms with van der Waals surface area (Å²) in [6.45, 7) is 0. The number of hydrogen-bond acceptors (Lipinski definition) is 1. The quantitative estimate of drug-likeness (QED) is 0.516. The van der Waals surface area contributed by atoms with Crippen LogP contribution in [-0.4, -0.2) is 15.5 Å². The van der Waals surface area contributed by atoms with Gasteiger partial charge in [0.15, 0.2) is 4.33 Å². The van der Waals surface area contributed by atoms with Gasteiger partial charge in [-0.2, -0.15) is 0 Å². The smallest absolute Gasteiger partial charge is 0.257 e. The van der Waals surface area contributed by atoms with Gasteiger partial charge in [-0.3, -0.25) is 4.79 Å². The zero-order valence-electron chi connectivity index (χ0n) is 4.33. The van der Waals surface area contributed by atoms with E-state index in [9.17, 15) is 4.79 Å². The van der Waals surface area contributed by atoms with Gasteiger partial charge in [-0.05, 0) is 11.6 Å². The number of carbonyl (C=O) groups excluding carboxylic acids is 1. The van der Waals surface area contributed by atoms with Crippen molar-refractivity contribution in [1.29, 1.82) is 0 Å². The lowest BCUT2D eigenvalue weighted by atomic mass is 10.3. The minimum Gasteiger partial charge on any atom is -0.278 e. The molecule has 0 radical (unpaired) electrons. The van der Waals surface area contributed by atoms with Gasteiger partial charge < -0.3 is 0 Å². The maximum atomic E-state index is 10.3. The third kappa shape index (κ3) is 3.51. The van der Waals surface area contributed by atoms with E-state index in [2.05, 4.69) is 0 Å². The molecule has 9 heavy (non-hydrogen) atoms. The zero-order valence-corrected chi connectivity index (χ0v) is 7.36. The highest BCUT2D eigenvalue weighted by Crippen LogP contribution is 2.28. The maximum absolute atomic E-state index is 10.3. The van der Waals surface area contributed by atoms with E-state index < -0.39 is 9.58 Å². The van der Waals surface area contributed by atoms with Gasteiger partial charge in [0, 0.05) is 12.3 Å². The predicted octanol–water partition coefficient (Wildman–Crippen LogP) is 2.55. The Morgan fingerprint density at radius 3 is 2.00 bits per heavy atom. The van der Waals surface area contributed by atoms with Crippen LogP contribution in [0.25, 0.3) is 0 Å². The fourth-order valence-electron chi connectivity index (χ4n) is 0.217. The van der Waals surface area contributed by atoms with E-state index in [1.54, 1.807) is 0 Å². The summed E-state index contributed by atoms with van der Waals surface area (Å²) in [6.07, 6.45) is 0.167. The van der Waals surface area contributed by atoms with Crippen LogP contribution in [0.1, 0.15) is 6.42 Å². The van der Waals surface area contributed by atoms with Gasteiger partial charge in [0.1, 0.15) is 0 Å². The lowest BCUT2D eigenvalue weighted by Gasteiger charge is -2.10. The second-order valence-electron chi connectivity index (χ2n) is 1.42. The molecule has 0 aliphatic rings. The molecule has 0 N–H and O–H groups in total.